The summed E-state index contributed by atoms with van der Waals surface area (Å²) in [5.74, 6) is 0. The lowest BCUT2D eigenvalue weighted by Gasteiger charge is -2.02. The monoisotopic (exact) mass is 191 g/mol. The molecule has 0 aromatic carbocycles. The van der Waals surface area contributed by atoms with Gasteiger partial charge in [-0.05, 0) is 24.5 Å². The van der Waals surface area contributed by atoms with Crippen molar-refractivity contribution in [2.45, 2.75) is 25.8 Å². The molecular formula is C11H17N3. The van der Waals surface area contributed by atoms with E-state index in [-0.39, 0.29) is 6.04 Å². The van der Waals surface area contributed by atoms with Crippen molar-refractivity contribution >= 4 is 11.8 Å². The number of pyridine rings is 1. The average Bonchev–Trinajstić information content (AvgIpc) is 2.17. The standard InChI is InChI=1S/C11H17N3/c1-2-10(12)5-3-4-9-6-11(13)8-14-7-9/h3-4,6-8,10H,2,5,12-13H2,1H3. The topological polar surface area (TPSA) is 64.9 Å². The molecule has 0 bridgehead atoms. The van der Waals surface area contributed by atoms with E-state index in [4.69, 9.17) is 11.5 Å². The molecule has 0 aliphatic rings. The molecule has 0 radical (unpaired) electrons. The normalized spacial score (nSPS) is 13.3. The Hall–Kier alpha value is -1.35. The van der Waals surface area contributed by atoms with Crippen LogP contribution in [-0.4, -0.2) is 11.0 Å². The van der Waals surface area contributed by atoms with Crippen LogP contribution in [0.15, 0.2) is 24.5 Å². The van der Waals surface area contributed by atoms with Gasteiger partial charge < -0.3 is 11.5 Å². The summed E-state index contributed by atoms with van der Waals surface area (Å²) in [6, 6.07) is 2.14. The Labute approximate surface area is 84.8 Å². The smallest absolute Gasteiger partial charge is 0.0506 e. The maximum atomic E-state index is 5.78. The van der Waals surface area contributed by atoms with Gasteiger partial charge in [0, 0.05) is 18.4 Å². The van der Waals surface area contributed by atoms with Gasteiger partial charge >= 0.3 is 0 Å². The highest BCUT2D eigenvalue weighted by molar-refractivity contribution is 5.53. The first-order valence-electron chi connectivity index (χ1n) is 4.85. The summed E-state index contributed by atoms with van der Waals surface area (Å²) in [4.78, 5) is 3.99. The fourth-order valence-corrected chi connectivity index (χ4v) is 1.11. The van der Waals surface area contributed by atoms with Crippen LogP contribution in [0.3, 0.4) is 0 Å². The largest absolute Gasteiger partial charge is 0.397 e. The molecule has 1 aromatic rings. The summed E-state index contributed by atoms with van der Waals surface area (Å²) in [6.45, 7) is 2.08. The third-order valence-corrected chi connectivity index (χ3v) is 2.05. The minimum absolute atomic E-state index is 0.250. The minimum Gasteiger partial charge on any atom is -0.397 e. The Morgan fingerprint density at radius 3 is 2.93 bits per heavy atom. The highest BCUT2D eigenvalue weighted by Gasteiger charge is 1.94. The molecule has 3 heteroatoms. The van der Waals surface area contributed by atoms with Gasteiger partial charge in [0.25, 0.3) is 0 Å². The van der Waals surface area contributed by atoms with Crippen LogP contribution in [0.4, 0.5) is 5.69 Å². The molecule has 76 valence electrons. The number of nitrogens with two attached hydrogens (primary N) is 2. The van der Waals surface area contributed by atoms with E-state index >= 15 is 0 Å². The highest BCUT2D eigenvalue weighted by atomic mass is 14.7. The van der Waals surface area contributed by atoms with Gasteiger partial charge in [0.05, 0.1) is 5.69 Å². The molecule has 0 amide bonds. The third kappa shape index (κ3) is 3.58. The summed E-state index contributed by atoms with van der Waals surface area (Å²) >= 11 is 0. The van der Waals surface area contributed by atoms with E-state index < -0.39 is 0 Å². The van der Waals surface area contributed by atoms with Gasteiger partial charge in [-0.1, -0.05) is 19.1 Å². The Morgan fingerprint density at radius 2 is 2.29 bits per heavy atom. The van der Waals surface area contributed by atoms with Crippen LogP contribution < -0.4 is 11.5 Å². The molecule has 0 aliphatic carbocycles. The zero-order valence-electron chi connectivity index (χ0n) is 8.48. The lowest BCUT2D eigenvalue weighted by molar-refractivity contribution is 0.660. The molecule has 1 atom stereocenters. The fraction of sp³-hybridized carbons (Fsp3) is 0.364. The van der Waals surface area contributed by atoms with E-state index in [2.05, 4.69) is 18.0 Å². The predicted octanol–water partition coefficient (Wildman–Crippen LogP) is 1.80. The Bertz CT molecular complexity index is 307. The Kier molecular flexibility index (Phi) is 4.13. The van der Waals surface area contributed by atoms with Crippen LogP contribution in [-0.2, 0) is 0 Å². The summed E-state index contributed by atoms with van der Waals surface area (Å²) in [5.41, 5.74) is 13.1. The quantitative estimate of drug-likeness (QED) is 0.762. The number of anilines is 1. The molecule has 1 rings (SSSR count). The van der Waals surface area contributed by atoms with Gasteiger partial charge in [-0.15, -0.1) is 0 Å². The number of nitrogens with zero attached hydrogens (tertiary/aromatic N) is 1. The molecule has 1 aromatic heterocycles. The third-order valence-electron chi connectivity index (χ3n) is 2.05. The number of aromatic nitrogens is 1. The number of nitrogen functional groups attached to an aromatic ring is 1. The van der Waals surface area contributed by atoms with Crippen molar-refractivity contribution in [3.05, 3.63) is 30.1 Å². The number of hydrogen-bond acceptors (Lipinski definition) is 3. The zero-order valence-corrected chi connectivity index (χ0v) is 8.48. The van der Waals surface area contributed by atoms with Crippen molar-refractivity contribution in [1.29, 1.82) is 0 Å². The molecule has 3 nitrogen and oxygen atoms in total. The summed E-state index contributed by atoms with van der Waals surface area (Å²) in [7, 11) is 0. The summed E-state index contributed by atoms with van der Waals surface area (Å²) < 4.78 is 0. The van der Waals surface area contributed by atoms with E-state index in [1.165, 1.54) is 0 Å². The first-order valence-corrected chi connectivity index (χ1v) is 4.85. The highest BCUT2D eigenvalue weighted by Crippen LogP contribution is 2.06. The van der Waals surface area contributed by atoms with Crippen molar-refractivity contribution in [1.82, 2.24) is 4.98 Å². The van der Waals surface area contributed by atoms with Crippen LogP contribution in [0, 0.1) is 0 Å². The van der Waals surface area contributed by atoms with E-state index in [1.54, 1.807) is 12.4 Å². The van der Waals surface area contributed by atoms with Gasteiger partial charge in [0.1, 0.15) is 0 Å². The summed E-state index contributed by atoms with van der Waals surface area (Å²) in [6.07, 6.45) is 9.37. The van der Waals surface area contributed by atoms with Gasteiger partial charge in [-0.25, -0.2) is 0 Å². The maximum absolute atomic E-state index is 5.78. The molecule has 4 N–H and O–H groups in total. The van der Waals surface area contributed by atoms with Crippen LogP contribution in [0.2, 0.25) is 0 Å². The van der Waals surface area contributed by atoms with Gasteiger partial charge in [-0.3, -0.25) is 4.98 Å². The lowest BCUT2D eigenvalue weighted by Crippen LogP contribution is -2.16. The summed E-state index contributed by atoms with van der Waals surface area (Å²) in [5, 5.41) is 0. The van der Waals surface area contributed by atoms with E-state index in [1.807, 2.05) is 12.1 Å². The van der Waals surface area contributed by atoms with Crippen molar-refractivity contribution < 1.29 is 0 Å². The van der Waals surface area contributed by atoms with E-state index in [0.717, 1.165) is 18.4 Å². The molecule has 1 heterocycles. The Balaban J connectivity index is 2.51. The first-order chi connectivity index (χ1) is 6.72. The van der Waals surface area contributed by atoms with Crippen LogP contribution in [0.5, 0.6) is 0 Å². The molecule has 14 heavy (non-hydrogen) atoms. The molecule has 0 saturated carbocycles. The molecule has 0 spiro atoms. The van der Waals surface area contributed by atoms with Gasteiger partial charge in [0.15, 0.2) is 0 Å². The number of hydrogen-bond donors (Lipinski definition) is 2. The van der Waals surface area contributed by atoms with Crippen LogP contribution >= 0.6 is 0 Å². The minimum atomic E-state index is 0.250. The predicted molar refractivity (Wildman–Crippen MR) is 60.6 cm³/mol. The molecule has 0 saturated heterocycles. The zero-order chi connectivity index (χ0) is 10.4. The SMILES string of the molecule is CCC(N)CC=Cc1cncc(N)c1. The maximum Gasteiger partial charge on any atom is 0.0506 e. The molecule has 0 aliphatic heterocycles. The molecule has 1 unspecified atom stereocenters. The van der Waals surface area contributed by atoms with Crippen molar-refractivity contribution in [2.75, 3.05) is 5.73 Å². The van der Waals surface area contributed by atoms with Gasteiger partial charge in [0.2, 0.25) is 0 Å². The van der Waals surface area contributed by atoms with Crippen LogP contribution in [0.1, 0.15) is 25.3 Å². The first kappa shape index (κ1) is 10.7. The second-order valence-corrected chi connectivity index (χ2v) is 3.36. The van der Waals surface area contributed by atoms with Crippen molar-refractivity contribution in [3.63, 3.8) is 0 Å². The van der Waals surface area contributed by atoms with E-state index in [9.17, 15) is 0 Å². The molecule has 0 fully saturated rings. The fourth-order valence-electron chi connectivity index (χ4n) is 1.11. The second kappa shape index (κ2) is 5.40. The lowest BCUT2D eigenvalue weighted by atomic mass is 10.1. The van der Waals surface area contributed by atoms with Crippen molar-refractivity contribution in [2.24, 2.45) is 5.73 Å². The average molecular weight is 191 g/mol. The molecular weight excluding hydrogens is 174 g/mol. The second-order valence-electron chi connectivity index (χ2n) is 3.36. The van der Waals surface area contributed by atoms with Crippen LogP contribution in [0.25, 0.3) is 6.08 Å². The Morgan fingerprint density at radius 1 is 1.50 bits per heavy atom. The van der Waals surface area contributed by atoms with E-state index in [0.29, 0.717) is 5.69 Å². The van der Waals surface area contributed by atoms with Crippen molar-refractivity contribution in [3.8, 4) is 0 Å². The number of rotatable bonds is 4. The van der Waals surface area contributed by atoms with Gasteiger partial charge in [-0.2, -0.15) is 0 Å².